The first-order chi connectivity index (χ1) is 8.33. The van der Waals surface area contributed by atoms with Crippen LogP contribution in [0.4, 0.5) is 0 Å². The monoisotopic (exact) mass is 228 g/mol. The third-order valence-corrected chi connectivity index (χ3v) is 3.03. The van der Waals surface area contributed by atoms with Gasteiger partial charge >= 0.3 is 0 Å². The number of benzene rings is 1. The van der Waals surface area contributed by atoms with Gasteiger partial charge in [0.05, 0.1) is 6.20 Å². The number of hydrogen-bond donors (Lipinski definition) is 2. The minimum absolute atomic E-state index is 0.164. The normalized spacial score (nSPS) is 14.6. The van der Waals surface area contributed by atoms with Gasteiger partial charge in [0.2, 0.25) is 0 Å². The van der Waals surface area contributed by atoms with Crippen LogP contribution in [0.15, 0.2) is 30.5 Å². The van der Waals surface area contributed by atoms with Gasteiger partial charge < -0.3 is 5.32 Å². The summed E-state index contributed by atoms with van der Waals surface area (Å²) in [6.07, 6.45) is 3.21. The van der Waals surface area contributed by atoms with E-state index in [1.807, 2.05) is 12.1 Å². The summed E-state index contributed by atoms with van der Waals surface area (Å²) in [6, 6.07) is 8.44. The van der Waals surface area contributed by atoms with Crippen molar-refractivity contribution in [1.29, 1.82) is 0 Å². The molecule has 1 aliphatic carbocycles. The van der Waals surface area contributed by atoms with E-state index in [1.165, 1.54) is 17.3 Å². The molecule has 0 aliphatic heterocycles. The van der Waals surface area contributed by atoms with Crippen LogP contribution in [0.5, 0.6) is 0 Å². The SMILES string of the molecule is O=C(NC1Cc2ccccc2C1)c1cn[nH]n1. The smallest absolute Gasteiger partial charge is 0.273 e. The molecule has 0 spiro atoms. The Labute approximate surface area is 98.2 Å². The Balaban J connectivity index is 1.68. The van der Waals surface area contributed by atoms with E-state index in [4.69, 9.17) is 0 Å². The highest BCUT2D eigenvalue weighted by atomic mass is 16.2. The predicted octanol–water partition coefficient (Wildman–Crippen LogP) is 0.702. The van der Waals surface area contributed by atoms with Crippen LogP contribution >= 0.6 is 0 Å². The van der Waals surface area contributed by atoms with Gasteiger partial charge in [0.1, 0.15) is 0 Å². The maximum absolute atomic E-state index is 11.8. The maximum Gasteiger partial charge on any atom is 0.273 e. The number of nitrogens with one attached hydrogen (secondary N) is 2. The molecule has 0 atom stereocenters. The maximum atomic E-state index is 11.8. The Hall–Kier alpha value is -2.17. The Kier molecular flexibility index (Phi) is 2.36. The van der Waals surface area contributed by atoms with Crippen LogP contribution in [0.25, 0.3) is 0 Å². The lowest BCUT2D eigenvalue weighted by Gasteiger charge is -2.09. The van der Waals surface area contributed by atoms with Crippen LogP contribution in [0.2, 0.25) is 0 Å². The molecule has 0 radical (unpaired) electrons. The van der Waals surface area contributed by atoms with E-state index >= 15 is 0 Å². The fourth-order valence-corrected chi connectivity index (χ4v) is 2.23. The average molecular weight is 228 g/mol. The summed E-state index contributed by atoms with van der Waals surface area (Å²) < 4.78 is 0. The molecule has 1 aliphatic rings. The Bertz CT molecular complexity index is 510. The van der Waals surface area contributed by atoms with E-state index in [-0.39, 0.29) is 11.9 Å². The molecule has 0 saturated heterocycles. The summed E-state index contributed by atoms with van der Waals surface area (Å²) in [4.78, 5) is 11.8. The zero-order chi connectivity index (χ0) is 11.7. The fraction of sp³-hybridized carbons (Fsp3) is 0.250. The minimum atomic E-state index is -0.170. The topological polar surface area (TPSA) is 70.7 Å². The molecular formula is C12H12N4O. The van der Waals surface area contributed by atoms with E-state index in [1.54, 1.807) is 0 Å². The van der Waals surface area contributed by atoms with Gasteiger partial charge in [-0.25, -0.2) is 0 Å². The highest BCUT2D eigenvalue weighted by molar-refractivity contribution is 5.92. The molecule has 86 valence electrons. The number of aromatic amines is 1. The molecule has 1 aromatic carbocycles. The molecule has 1 heterocycles. The lowest BCUT2D eigenvalue weighted by Crippen LogP contribution is -2.35. The molecule has 0 unspecified atom stereocenters. The van der Waals surface area contributed by atoms with Crippen molar-refractivity contribution < 1.29 is 4.79 Å². The molecule has 1 amide bonds. The standard InChI is InChI=1S/C12H12N4O/c17-12(11-7-13-16-15-11)14-10-5-8-3-1-2-4-9(8)6-10/h1-4,7,10H,5-6H2,(H,14,17)(H,13,15,16). The number of H-pyrrole nitrogens is 1. The van der Waals surface area contributed by atoms with E-state index in [9.17, 15) is 4.79 Å². The third kappa shape index (κ3) is 1.91. The molecule has 2 aromatic rings. The highest BCUT2D eigenvalue weighted by Crippen LogP contribution is 2.21. The minimum Gasteiger partial charge on any atom is -0.347 e. The number of amides is 1. The molecule has 1 aromatic heterocycles. The Morgan fingerprint density at radius 3 is 2.59 bits per heavy atom. The van der Waals surface area contributed by atoms with Crippen molar-refractivity contribution in [2.75, 3.05) is 0 Å². The van der Waals surface area contributed by atoms with Crippen molar-refractivity contribution in [2.24, 2.45) is 0 Å². The first kappa shape index (κ1) is 10.0. The largest absolute Gasteiger partial charge is 0.347 e. The molecular weight excluding hydrogens is 216 g/mol. The van der Waals surface area contributed by atoms with Crippen LogP contribution in [0.1, 0.15) is 21.6 Å². The number of hydrogen-bond acceptors (Lipinski definition) is 3. The van der Waals surface area contributed by atoms with Gasteiger partial charge in [0, 0.05) is 6.04 Å². The van der Waals surface area contributed by atoms with Crippen molar-refractivity contribution in [3.8, 4) is 0 Å². The summed E-state index contributed by atoms with van der Waals surface area (Å²) in [7, 11) is 0. The molecule has 5 heteroatoms. The van der Waals surface area contributed by atoms with Gasteiger partial charge in [-0.1, -0.05) is 24.3 Å². The van der Waals surface area contributed by atoms with Crippen LogP contribution in [-0.2, 0) is 12.8 Å². The number of nitrogens with zero attached hydrogens (tertiary/aromatic N) is 2. The van der Waals surface area contributed by atoms with Gasteiger partial charge in [-0.2, -0.15) is 15.4 Å². The number of fused-ring (bicyclic) bond motifs is 1. The highest BCUT2D eigenvalue weighted by Gasteiger charge is 2.23. The zero-order valence-electron chi connectivity index (χ0n) is 9.18. The van der Waals surface area contributed by atoms with Crippen molar-refractivity contribution >= 4 is 5.91 Å². The van der Waals surface area contributed by atoms with E-state index < -0.39 is 0 Å². The Morgan fingerprint density at radius 2 is 2.00 bits per heavy atom. The zero-order valence-corrected chi connectivity index (χ0v) is 9.18. The molecule has 2 N–H and O–H groups in total. The lowest BCUT2D eigenvalue weighted by molar-refractivity contribution is 0.0933. The van der Waals surface area contributed by atoms with Gasteiger partial charge in [0.25, 0.3) is 5.91 Å². The van der Waals surface area contributed by atoms with Crippen LogP contribution < -0.4 is 5.32 Å². The molecule has 0 fully saturated rings. The number of carbonyl (C=O) groups excluding carboxylic acids is 1. The second kappa shape index (κ2) is 4.01. The summed E-state index contributed by atoms with van der Waals surface area (Å²) in [5.41, 5.74) is 2.97. The van der Waals surface area contributed by atoms with Gasteiger partial charge in [-0.3, -0.25) is 4.79 Å². The first-order valence-corrected chi connectivity index (χ1v) is 5.56. The molecule has 3 rings (SSSR count). The second-order valence-corrected chi connectivity index (χ2v) is 4.20. The molecule has 0 bridgehead atoms. The Morgan fingerprint density at radius 1 is 1.29 bits per heavy atom. The quantitative estimate of drug-likeness (QED) is 0.795. The fourth-order valence-electron chi connectivity index (χ4n) is 2.23. The number of carbonyl (C=O) groups is 1. The van der Waals surface area contributed by atoms with E-state index in [0.717, 1.165) is 12.8 Å². The van der Waals surface area contributed by atoms with Gasteiger partial charge in [0.15, 0.2) is 5.69 Å². The van der Waals surface area contributed by atoms with Crippen molar-refractivity contribution in [2.45, 2.75) is 18.9 Å². The summed E-state index contributed by atoms with van der Waals surface area (Å²) in [5.74, 6) is -0.170. The summed E-state index contributed by atoms with van der Waals surface area (Å²) in [6.45, 7) is 0. The van der Waals surface area contributed by atoms with Gasteiger partial charge in [-0.15, -0.1) is 0 Å². The average Bonchev–Trinajstić information content (AvgIpc) is 2.97. The second-order valence-electron chi connectivity index (χ2n) is 4.20. The molecule has 0 saturated carbocycles. The number of aromatic nitrogens is 3. The third-order valence-electron chi connectivity index (χ3n) is 3.03. The van der Waals surface area contributed by atoms with Gasteiger partial charge in [-0.05, 0) is 24.0 Å². The van der Waals surface area contributed by atoms with E-state index in [0.29, 0.717) is 5.69 Å². The number of rotatable bonds is 2. The lowest BCUT2D eigenvalue weighted by atomic mass is 10.1. The van der Waals surface area contributed by atoms with Crippen molar-refractivity contribution in [3.63, 3.8) is 0 Å². The molecule has 17 heavy (non-hydrogen) atoms. The summed E-state index contributed by atoms with van der Waals surface area (Å²) >= 11 is 0. The van der Waals surface area contributed by atoms with Crippen molar-refractivity contribution in [3.05, 3.63) is 47.3 Å². The summed E-state index contributed by atoms with van der Waals surface area (Å²) in [5, 5.41) is 12.8. The predicted molar refractivity (Wildman–Crippen MR) is 61.5 cm³/mol. The van der Waals surface area contributed by atoms with Crippen LogP contribution in [-0.4, -0.2) is 27.4 Å². The van der Waals surface area contributed by atoms with Crippen LogP contribution in [0.3, 0.4) is 0 Å². The first-order valence-electron chi connectivity index (χ1n) is 5.56. The van der Waals surface area contributed by atoms with Crippen molar-refractivity contribution in [1.82, 2.24) is 20.7 Å². The van der Waals surface area contributed by atoms with E-state index in [2.05, 4.69) is 32.9 Å². The molecule has 5 nitrogen and oxygen atoms in total. The van der Waals surface area contributed by atoms with Crippen LogP contribution in [0, 0.1) is 0 Å².